The van der Waals surface area contributed by atoms with Crippen LogP contribution >= 0.6 is 35.3 Å². The average molecular weight is 574 g/mol. The van der Waals surface area contributed by atoms with Gasteiger partial charge in [0.2, 0.25) is 11.8 Å². The predicted octanol–water partition coefficient (Wildman–Crippen LogP) is 4.48. The maximum atomic E-state index is 13.6. The summed E-state index contributed by atoms with van der Waals surface area (Å²) in [6, 6.07) is 9.21. The molecule has 1 aliphatic rings. The molecule has 2 heterocycles. The number of carbonyl (C=O) groups excluding carboxylic acids is 3. The number of nitrogens with one attached hydrogen (secondary N) is 1. The van der Waals surface area contributed by atoms with Crippen LogP contribution in [0.4, 0.5) is 14.5 Å². The number of hydrogen-bond acceptors (Lipinski definition) is 7. The van der Waals surface area contributed by atoms with E-state index in [1.54, 1.807) is 17.5 Å². The summed E-state index contributed by atoms with van der Waals surface area (Å²) < 4.78 is 26.9. The van der Waals surface area contributed by atoms with Gasteiger partial charge in [0.25, 0.3) is 5.91 Å². The molecule has 38 heavy (non-hydrogen) atoms. The van der Waals surface area contributed by atoms with E-state index in [0.29, 0.717) is 16.0 Å². The summed E-state index contributed by atoms with van der Waals surface area (Å²) in [5, 5.41) is 13.3. The van der Waals surface area contributed by atoms with Crippen LogP contribution < -0.4 is 11.1 Å². The Morgan fingerprint density at radius 2 is 1.79 bits per heavy atom. The molecule has 13 heteroatoms. The van der Waals surface area contributed by atoms with Gasteiger partial charge in [0, 0.05) is 10.6 Å². The first-order valence-corrected chi connectivity index (χ1v) is 12.9. The fourth-order valence-corrected chi connectivity index (χ4v) is 5.82. The molecule has 4 rings (SSSR count). The summed E-state index contributed by atoms with van der Waals surface area (Å²) in [5.41, 5.74) is 6.68. The quantitative estimate of drug-likeness (QED) is 0.268. The smallest absolute Gasteiger partial charge is 0.335 e. The minimum atomic E-state index is -1.34. The molecule has 0 spiro atoms. The lowest BCUT2D eigenvalue weighted by Gasteiger charge is -2.25. The van der Waals surface area contributed by atoms with Crippen LogP contribution in [0.15, 0.2) is 58.8 Å². The van der Waals surface area contributed by atoms with Crippen LogP contribution in [0.25, 0.3) is 17.2 Å². The van der Waals surface area contributed by atoms with Crippen molar-refractivity contribution in [3.63, 3.8) is 0 Å². The molecular formula is C25H17F2N3O5S3. The van der Waals surface area contributed by atoms with Gasteiger partial charge >= 0.3 is 5.97 Å². The Labute approximate surface area is 228 Å². The lowest BCUT2D eigenvalue weighted by molar-refractivity contribution is -0.132. The Balaban J connectivity index is 1.55. The van der Waals surface area contributed by atoms with Crippen LogP contribution in [0.2, 0.25) is 0 Å². The normalized spacial score (nSPS) is 15.1. The van der Waals surface area contributed by atoms with Gasteiger partial charge in [-0.2, -0.15) is 0 Å². The fourth-order valence-electron chi connectivity index (χ4n) is 3.55. The number of primary amides is 1. The maximum absolute atomic E-state index is 13.6. The third-order valence-electron chi connectivity index (χ3n) is 5.38. The number of aromatic carboxylic acids is 1. The average Bonchev–Trinajstić information content (AvgIpc) is 3.43. The summed E-state index contributed by atoms with van der Waals surface area (Å²) in [6.07, 6.45) is 1.05. The number of thiophene rings is 1. The molecular weight excluding hydrogens is 556 g/mol. The largest absolute Gasteiger partial charge is 0.478 e. The summed E-state index contributed by atoms with van der Waals surface area (Å²) in [7, 11) is 0. The molecule has 1 saturated heterocycles. The summed E-state index contributed by atoms with van der Waals surface area (Å²) in [5.74, 6) is -5.25. The number of amides is 3. The molecule has 3 aromatic rings. The van der Waals surface area contributed by atoms with Crippen molar-refractivity contribution >= 4 is 75.1 Å². The van der Waals surface area contributed by atoms with Gasteiger partial charge in [0.05, 0.1) is 16.9 Å². The Morgan fingerprint density at radius 3 is 2.42 bits per heavy atom. The highest BCUT2D eigenvalue weighted by atomic mass is 32.2. The molecule has 0 unspecified atom stereocenters. The number of nitrogens with zero attached hydrogens (tertiary/aromatic N) is 1. The van der Waals surface area contributed by atoms with Crippen molar-refractivity contribution in [2.45, 2.75) is 12.5 Å². The van der Waals surface area contributed by atoms with Gasteiger partial charge in [0.1, 0.15) is 10.4 Å². The van der Waals surface area contributed by atoms with Crippen molar-refractivity contribution in [1.82, 2.24) is 4.90 Å². The summed E-state index contributed by atoms with van der Waals surface area (Å²) in [4.78, 5) is 50.9. The molecule has 8 nitrogen and oxygen atoms in total. The lowest BCUT2D eigenvalue weighted by Crippen LogP contribution is -2.48. The van der Waals surface area contributed by atoms with Crippen molar-refractivity contribution in [1.29, 1.82) is 0 Å². The molecule has 1 aliphatic heterocycles. The monoisotopic (exact) mass is 573 g/mol. The number of thioether (sulfide) groups is 1. The molecule has 0 bridgehead atoms. The number of halogens is 2. The van der Waals surface area contributed by atoms with E-state index in [2.05, 4.69) is 5.32 Å². The number of thiocarbonyl (C=S) groups is 1. The van der Waals surface area contributed by atoms with E-state index in [0.717, 1.165) is 28.8 Å². The fraction of sp³-hybridized carbons (Fsp3) is 0.0800. The van der Waals surface area contributed by atoms with Gasteiger partial charge < -0.3 is 16.2 Å². The molecule has 1 fully saturated rings. The first-order chi connectivity index (χ1) is 18.0. The zero-order valence-electron chi connectivity index (χ0n) is 19.1. The van der Waals surface area contributed by atoms with Crippen LogP contribution in [-0.2, 0) is 14.4 Å². The van der Waals surface area contributed by atoms with E-state index in [1.807, 2.05) is 0 Å². The number of benzene rings is 2. The third-order valence-corrected chi connectivity index (χ3v) is 7.59. The first kappa shape index (κ1) is 27.1. The lowest BCUT2D eigenvalue weighted by atomic mass is 10.1. The van der Waals surface area contributed by atoms with Crippen molar-refractivity contribution in [3.05, 3.63) is 80.9 Å². The van der Waals surface area contributed by atoms with E-state index in [-0.39, 0.29) is 20.5 Å². The van der Waals surface area contributed by atoms with Crippen molar-refractivity contribution < 1.29 is 33.1 Å². The summed E-state index contributed by atoms with van der Waals surface area (Å²) >= 11 is 7.53. The highest BCUT2D eigenvalue weighted by molar-refractivity contribution is 8.26. The van der Waals surface area contributed by atoms with Crippen LogP contribution in [0, 0.1) is 11.6 Å². The van der Waals surface area contributed by atoms with Crippen molar-refractivity contribution in [2.24, 2.45) is 5.73 Å². The molecule has 194 valence electrons. The highest BCUT2D eigenvalue weighted by Crippen LogP contribution is 2.37. The highest BCUT2D eigenvalue weighted by Gasteiger charge is 2.41. The van der Waals surface area contributed by atoms with Crippen LogP contribution in [-0.4, -0.2) is 44.1 Å². The summed E-state index contributed by atoms with van der Waals surface area (Å²) in [6.45, 7) is 0. The van der Waals surface area contributed by atoms with Gasteiger partial charge in [-0.05, 0) is 65.0 Å². The minimum Gasteiger partial charge on any atom is -0.478 e. The Hall–Kier alpha value is -3.94. The second-order valence-electron chi connectivity index (χ2n) is 7.98. The zero-order valence-corrected chi connectivity index (χ0v) is 21.6. The number of hydrogen-bond donors (Lipinski definition) is 3. The Morgan fingerprint density at radius 1 is 1.08 bits per heavy atom. The second kappa shape index (κ2) is 11.2. The number of anilines is 1. The molecule has 1 aromatic heterocycles. The predicted molar refractivity (Wildman–Crippen MR) is 144 cm³/mol. The molecule has 4 N–H and O–H groups in total. The number of carbonyl (C=O) groups is 4. The molecule has 1 atom stereocenters. The zero-order chi connectivity index (χ0) is 27.6. The van der Waals surface area contributed by atoms with Crippen LogP contribution in [0.1, 0.15) is 21.7 Å². The topological polar surface area (TPSA) is 130 Å². The molecule has 0 aliphatic carbocycles. The minimum absolute atomic E-state index is 0.0139. The van der Waals surface area contributed by atoms with Gasteiger partial charge in [-0.1, -0.05) is 30.0 Å². The first-order valence-electron chi connectivity index (χ1n) is 10.8. The Bertz CT molecular complexity index is 1500. The standard InChI is InChI=1S/C25H17F2N3O5S3/c26-17-6-3-13(8-18(17)27)14-7-16(37-11-14)9-20-23(33)30(25(36)38-20)19(10-21(28)31)22(32)29-15-4-1-12(2-5-15)24(34)35/h1-9,11,19H,10H2,(H2,28,31)(H,29,32)(H,34,35)/b20-9-/t19-/m0/s1. The van der Waals surface area contributed by atoms with E-state index in [9.17, 15) is 28.0 Å². The van der Waals surface area contributed by atoms with Gasteiger partial charge in [-0.3, -0.25) is 19.3 Å². The number of rotatable bonds is 8. The van der Waals surface area contributed by atoms with Crippen molar-refractivity contribution in [3.8, 4) is 11.1 Å². The number of carboxylic acid groups (broad SMARTS) is 1. The molecule has 0 radical (unpaired) electrons. The van der Waals surface area contributed by atoms with Crippen LogP contribution in [0.3, 0.4) is 0 Å². The van der Waals surface area contributed by atoms with E-state index in [4.69, 9.17) is 23.1 Å². The van der Waals surface area contributed by atoms with E-state index in [1.165, 1.54) is 41.7 Å². The second-order valence-corrected chi connectivity index (χ2v) is 10.6. The molecule has 0 saturated carbocycles. The maximum Gasteiger partial charge on any atom is 0.335 e. The van der Waals surface area contributed by atoms with E-state index < -0.39 is 47.8 Å². The Kier molecular flexibility index (Phi) is 7.99. The molecule has 2 aromatic carbocycles. The molecule has 3 amide bonds. The van der Waals surface area contributed by atoms with Gasteiger partial charge in [-0.25, -0.2) is 13.6 Å². The van der Waals surface area contributed by atoms with Crippen molar-refractivity contribution in [2.75, 3.05) is 5.32 Å². The van der Waals surface area contributed by atoms with Gasteiger partial charge in [-0.15, -0.1) is 11.3 Å². The van der Waals surface area contributed by atoms with Gasteiger partial charge in [0.15, 0.2) is 11.6 Å². The number of nitrogens with two attached hydrogens (primary N) is 1. The number of carboxylic acids is 1. The van der Waals surface area contributed by atoms with Crippen LogP contribution in [0.5, 0.6) is 0 Å². The third kappa shape index (κ3) is 5.96. The SMILES string of the molecule is NC(=O)C[C@@H](C(=O)Nc1ccc(C(=O)O)cc1)N1C(=O)/C(=C/c2cc(-c3ccc(F)c(F)c3)cs2)SC1=S. The van der Waals surface area contributed by atoms with E-state index >= 15 is 0 Å².